The highest BCUT2D eigenvalue weighted by Gasteiger charge is 2.29. The molecule has 2 aliphatic rings. The molecule has 0 saturated carbocycles. The number of nitrogens with one attached hydrogen (secondary N) is 1. The minimum Gasteiger partial charge on any atom is -0.492 e. The van der Waals surface area contributed by atoms with E-state index in [2.05, 4.69) is 24.2 Å². The summed E-state index contributed by atoms with van der Waals surface area (Å²) in [6.45, 7) is 4.14. The molecule has 0 aliphatic carbocycles. The lowest BCUT2D eigenvalue weighted by Gasteiger charge is -2.38. The van der Waals surface area contributed by atoms with Gasteiger partial charge in [-0.15, -0.1) is 0 Å². The second kappa shape index (κ2) is 6.33. The maximum Gasteiger partial charge on any atom is 0.142 e. The van der Waals surface area contributed by atoms with Gasteiger partial charge >= 0.3 is 0 Å². The van der Waals surface area contributed by atoms with Gasteiger partial charge in [0.2, 0.25) is 0 Å². The largest absolute Gasteiger partial charge is 0.492 e. The van der Waals surface area contributed by atoms with Gasteiger partial charge in [0.15, 0.2) is 0 Å². The van der Waals surface area contributed by atoms with Crippen LogP contribution in [0.15, 0.2) is 12.1 Å². The van der Waals surface area contributed by atoms with Gasteiger partial charge in [0.05, 0.1) is 11.6 Å². The van der Waals surface area contributed by atoms with Crippen LogP contribution in [0, 0.1) is 0 Å². The van der Waals surface area contributed by atoms with E-state index >= 15 is 0 Å². The Morgan fingerprint density at radius 2 is 2.10 bits per heavy atom. The van der Waals surface area contributed by atoms with Crippen LogP contribution in [0.25, 0.3) is 0 Å². The van der Waals surface area contributed by atoms with Gasteiger partial charge in [0.1, 0.15) is 5.75 Å². The van der Waals surface area contributed by atoms with Crippen LogP contribution in [0.5, 0.6) is 5.75 Å². The van der Waals surface area contributed by atoms with Crippen molar-refractivity contribution in [3.05, 3.63) is 27.7 Å². The summed E-state index contributed by atoms with van der Waals surface area (Å²) in [5.74, 6) is 0.797. The highest BCUT2D eigenvalue weighted by molar-refractivity contribution is 6.35. The Labute approximate surface area is 136 Å². The predicted molar refractivity (Wildman–Crippen MR) is 87.6 cm³/mol. The van der Waals surface area contributed by atoms with E-state index in [9.17, 15) is 0 Å². The molecular weight excluding hydrogens is 307 g/mol. The van der Waals surface area contributed by atoms with Crippen molar-refractivity contribution in [3.8, 4) is 5.75 Å². The van der Waals surface area contributed by atoms with Gasteiger partial charge in [-0.3, -0.25) is 0 Å². The van der Waals surface area contributed by atoms with E-state index in [0.29, 0.717) is 28.7 Å². The lowest BCUT2D eigenvalue weighted by atomic mass is 9.94. The van der Waals surface area contributed by atoms with Crippen LogP contribution in [0.4, 0.5) is 0 Å². The van der Waals surface area contributed by atoms with Crippen LogP contribution in [0.3, 0.4) is 0 Å². The summed E-state index contributed by atoms with van der Waals surface area (Å²) in [6.07, 6.45) is 3.32. The number of benzene rings is 1. The number of hydrogen-bond donors (Lipinski definition) is 1. The molecule has 0 bridgehead atoms. The fourth-order valence-corrected chi connectivity index (χ4v) is 3.89. The molecule has 0 amide bonds. The van der Waals surface area contributed by atoms with Crippen molar-refractivity contribution in [3.63, 3.8) is 0 Å². The number of nitrogens with zero attached hydrogens (tertiary/aromatic N) is 1. The Morgan fingerprint density at radius 1 is 1.29 bits per heavy atom. The van der Waals surface area contributed by atoms with Gasteiger partial charge in [-0.1, -0.05) is 23.2 Å². The Morgan fingerprint density at radius 3 is 2.86 bits per heavy atom. The molecule has 5 heteroatoms. The van der Waals surface area contributed by atoms with Crippen LogP contribution in [0.2, 0.25) is 10.0 Å². The monoisotopic (exact) mass is 328 g/mol. The Hall–Kier alpha value is -0.480. The van der Waals surface area contributed by atoms with Crippen molar-refractivity contribution in [2.45, 2.75) is 44.3 Å². The molecule has 3 unspecified atom stereocenters. The van der Waals surface area contributed by atoms with Crippen molar-refractivity contribution < 1.29 is 4.74 Å². The highest BCUT2D eigenvalue weighted by Crippen LogP contribution is 2.40. The van der Waals surface area contributed by atoms with Gasteiger partial charge in [-0.2, -0.15) is 0 Å². The van der Waals surface area contributed by atoms with Gasteiger partial charge in [0.25, 0.3) is 0 Å². The number of piperidine rings is 1. The Bertz CT molecular complexity index is 523. The molecule has 1 N–H and O–H groups in total. The Balaban J connectivity index is 1.76. The fourth-order valence-electron chi connectivity index (χ4n) is 3.32. The SMILES string of the molecule is CC1CC(NC2CCOc3c(Cl)cc(Cl)cc32)CCN1C. The molecular formula is C16H22Cl2N2O. The lowest BCUT2D eigenvalue weighted by Crippen LogP contribution is -2.47. The standard InChI is InChI=1S/C16H22Cl2N2O/c1-10-7-12(3-5-20(10)2)19-15-4-6-21-16-13(15)8-11(17)9-14(16)18/h8-10,12,15,19H,3-7H2,1-2H3. The number of likely N-dealkylation sites (tertiary alicyclic amines) is 1. The molecule has 116 valence electrons. The van der Waals surface area contributed by atoms with Crippen LogP contribution < -0.4 is 10.1 Å². The zero-order valence-corrected chi connectivity index (χ0v) is 14.0. The van der Waals surface area contributed by atoms with Crippen LogP contribution in [-0.4, -0.2) is 37.2 Å². The fraction of sp³-hybridized carbons (Fsp3) is 0.625. The van der Waals surface area contributed by atoms with E-state index in [1.54, 1.807) is 6.07 Å². The number of hydrogen-bond acceptors (Lipinski definition) is 3. The number of fused-ring (bicyclic) bond motifs is 1. The average Bonchev–Trinajstić information content (AvgIpc) is 2.44. The molecule has 2 aliphatic heterocycles. The third-order valence-electron chi connectivity index (χ3n) is 4.71. The van der Waals surface area contributed by atoms with Crippen LogP contribution >= 0.6 is 23.2 Å². The summed E-state index contributed by atoms with van der Waals surface area (Å²) >= 11 is 12.4. The molecule has 3 nitrogen and oxygen atoms in total. The summed E-state index contributed by atoms with van der Waals surface area (Å²) < 4.78 is 5.73. The molecule has 0 spiro atoms. The second-order valence-corrected chi connectivity index (χ2v) is 7.06. The van der Waals surface area contributed by atoms with Crippen molar-refractivity contribution >= 4 is 23.2 Å². The molecule has 1 fully saturated rings. The molecule has 1 saturated heterocycles. The van der Waals surface area contributed by atoms with E-state index in [0.717, 1.165) is 24.3 Å². The first kappa shape index (κ1) is 15.4. The molecule has 3 atom stereocenters. The smallest absolute Gasteiger partial charge is 0.142 e. The van der Waals surface area contributed by atoms with Gasteiger partial charge < -0.3 is 15.0 Å². The molecule has 1 aromatic carbocycles. The molecule has 2 heterocycles. The van der Waals surface area contributed by atoms with Gasteiger partial charge in [0, 0.05) is 35.1 Å². The topological polar surface area (TPSA) is 24.5 Å². The number of ether oxygens (including phenoxy) is 1. The van der Waals surface area contributed by atoms with Crippen molar-refractivity contribution in [1.82, 2.24) is 10.2 Å². The molecule has 3 rings (SSSR count). The third-order valence-corrected chi connectivity index (χ3v) is 5.21. The van der Waals surface area contributed by atoms with E-state index in [1.165, 1.54) is 12.8 Å². The Kier molecular flexibility index (Phi) is 4.65. The normalized spacial score (nSPS) is 29.8. The quantitative estimate of drug-likeness (QED) is 0.891. The van der Waals surface area contributed by atoms with E-state index in [-0.39, 0.29) is 6.04 Å². The summed E-state index contributed by atoms with van der Waals surface area (Å²) in [6, 6.07) is 5.19. The van der Waals surface area contributed by atoms with E-state index in [4.69, 9.17) is 27.9 Å². The zero-order chi connectivity index (χ0) is 15.0. The molecule has 0 radical (unpaired) electrons. The van der Waals surface area contributed by atoms with E-state index in [1.807, 2.05) is 6.07 Å². The summed E-state index contributed by atoms with van der Waals surface area (Å²) in [4.78, 5) is 2.42. The lowest BCUT2D eigenvalue weighted by molar-refractivity contribution is 0.153. The zero-order valence-electron chi connectivity index (χ0n) is 12.5. The molecule has 21 heavy (non-hydrogen) atoms. The molecule has 0 aromatic heterocycles. The third kappa shape index (κ3) is 3.31. The summed E-state index contributed by atoms with van der Waals surface area (Å²) in [5.41, 5.74) is 1.10. The first-order valence-corrected chi connectivity index (χ1v) is 8.38. The van der Waals surface area contributed by atoms with E-state index < -0.39 is 0 Å². The first-order chi connectivity index (χ1) is 10.0. The van der Waals surface area contributed by atoms with Crippen LogP contribution in [0.1, 0.15) is 37.8 Å². The van der Waals surface area contributed by atoms with Crippen molar-refractivity contribution in [2.75, 3.05) is 20.2 Å². The maximum atomic E-state index is 6.25. The van der Waals surface area contributed by atoms with Gasteiger partial charge in [-0.25, -0.2) is 0 Å². The predicted octanol–water partition coefficient (Wildman–Crippen LogP) is 3.89. The summed E-state index contributed by atoms with van der Waals surface area (Å²) in [5, 5.41) is 5.08. The van der Waals surface area contributed by atoms with Crippen molar-refractivity contribution in [1.29, 1.82) is 0 Å². The minimum absolute atomic E-state index is 0.283. The minimum atomic E-state index is 0.283. The first-order valence-electron chi connectivity index (χ1n) is 7.62. The average molecular weight is 329 g/mol. The van der Waals surface area contributed by atoms with Crippen LogP contribution in [-0.2, 0) is 0 Å². The molecule has 1 aromatic rings. The number of rotatable bonds is 2. The number of halogens is 2. The highest BCUT2D eigenvalue weighted by atomic mass is 35.5. The van der Waals surface area contributed by atoms with Crippen molar-refractivity contribution in [2.24, 2.45) is 0 Å². The summed E-state index contributed by atoms with van der Waals surface area (Å²) in [7, 11) is 2.20. The second-order valence-electron chi connectivity index (χ2n) is 6.21. The van der Waals surface area contributed by atoms with Gasteiger partial charge in [-0.05, 0) is 45.5 Å². The maximum absolute atomic E-state index is 6.25.